The zero-order valence-corrected chi connectivity index (χ0v) is 9.97. The van der Waals surface area contributed by atoms with Gasteiger partial charge in [0.05, 0.1) is 17.1 Å². The van der Waals surface area contributed by atoms with E-state index in [1.807, 2.05) is 13.8 Å². The molecule has 1 aromatic rings. The minimum Gasteiger partial charge on any atom is -0.388 e. The Hall–Kier alpha value is -1.43. The molecule has 0 aromatic carbocycles. The molecule has 6 nitrogen and oxygen atoms in total. The first-order valence-electron chi connectivity index (χ1n) is 5.15. The summed E-state index contributed by atoms with van der Waals surface area (Å²) in [5.41, 5.74) is -0.476. The number of aromatic nitrogens is 2. The summed E-state index contributed by atoms with van der Waals surface area (Å²) in [6, 6.07) is 0. The monoisotopic (exact) mass is 227 g/mol. The van der Waals surface area contributed by atoms with Crippen molar-refractivity contribution in [1.29, 1.82) is 0 Å². The maximum absolute atomic E-state index is 10.6. The molecule has 1 aromatic heterocycles. The molecule has 1 heterocycles. The lowest BCUT2D eigenvalue weighted by Crippen LogP contribution is -2.36. The molecule has 0 fully saturated rings. The highest BCUT2D eigenvalue weighted by atomic mass is 16.6. The molecule has 16 heavy (non-hydrogen) atoms. The van der Waals surface area contributed by atoms with E-state index in [2.05, 4.69) is 5.10 Å². The van der Waals surface area contributed by atoms with Crippen molar-refractivity contribution in [2.24, 2.45) is 5.92 Å². The zero-order chi connectivity index (χ0) is 12.5. The van der Waals surface area contributed by atoms with E-state index in [0.29, 0.717) is 5.69 Å². The Morgan fingerprint density at radius 3 is 2.62 bits per heavy atom. The lowest BCUT2D eigenvalue weighted by molar-refractivity contribution is -0.385. The Morgan fingerprint density at radius 2 is 2.25 bits per heavy atom. The van der Waals surface area contributed by atoms with Crippen molar-refractivity contribution >= 4 is 5.69 Å². The third kappa shape index (κ3) is 2.38. The minimum atomic E-state index is -0.926. The van der Waals surface area contributed by atoms with Crippen LogP contribution < -0.4 is 0 Å². The molecule has 0 bridgehead atoms. The maximum Gasteiger partial charge on any atom is 0.309 e. The molecule has 0 unspecified atom stereocenters. The van der Waals surface area contributed by atoms with E-state index in [1.165, 1.54) is 10.9 Å². The van der Waals surface area contributed by atoms with Gasteiger partial charge >= 0.3 is 5.69 Å². The van der Waals surface area contributed by atoms with Crippen LogP contribution in [-0.2, 0) is 6.54 Å². The second-order valence-corrected chi connectivity index (χ2v) is 4.54. The average molecular weight is 227 g/mol. The van der Waals surface area contributed by atoms with Crippen LogP contribution in [0.3, 0.4) is 0 Å². The van der Waals surface area contributed by atoms with Gasteiger partial charge in [-0.05, 0) is 19.8 Å². The number of hydrogen-bond acceptors (Lipinski definition) is 4. The van der Waals surface area contributed by atoms with Gasteiger partial charge < -0.3 is 5.11 Å². The van der Waals surface area contributed by atoms with E-state index >= 15 is 0 Å². The quantitative estimate of drug-likeness (QED) is 0.624. The molecule has 0 aliphatic heterocycles. The highest BCUT2D eigenvalue weighted by Crippen LogP contribution is 2.22. The van der Waals surface area contributed by atoms with E-state index in [9.17, 15) is 15.2 Å². The van der Waals surface area contributed by atoms with E-state index in [4.69, 9.17) is 0 Å². The largest absolute Gasteiger partial charge is 0.388 e. The van der Waals surface area contributed by atoms with Crippen molar-refractivity contribution in [3.63, 3.8) is 0 Å². The number of rotatable bonds is 4. The van der Waals surface area contributed by atoms with Crippen LogP contribution in [0.25, 0.3) is 0 Å². The Bertz CT molecular complexity index is 396. The molecule has 1 N–H and O–H groups in total. The summed E-state index contributed by atoms with van der Waals surface area (Å²) in [6.45, 7) is 7.37. The second kappa shape index (κ2) is 4.21. The van der Waals surface area contributed by atoms with Crippen LogP contribution in [0, 0.1) is 23.0 Å². The normalized spacial score (nSPS) is 15.1. The lowest BCUT2D eigenvalue weighted by atomic mass is 9.92. The predicted molar refractivity (Wildman–Crippen MR) is 59.1 cm³/mol. The van der Waals surface area contributed by atoms with Crippen LogP contribution >= 0.6 is 0 Å². The fourth-order valence-electron chi connectivity index (χ4n) is 1.26. The van der Waals surface area contributed by atoms with Gasteiger partial charge in [0.15, 0.2) is 0 Å². The molecule has 0 saturated heterocycles. The molecule has 90 valence electrons. The van der Waals surface area contributed by atoms with Crippen molar-refractivity contribution in [3.8, 4) is 0 Å². The van der Waals surface area contributed by atoms with Gasteiger partial charge in [-0.1, -0.05) is 13.8 Å². The maximum atomic E-state index is 10.6. The summed E-state index contributed by atoms with van der Waals surface area (Å²) in [7, 11) is 0. The van der Waals surface area contributed by atoms with Gasteiger partial charge in [0, 0.05) is 0 Å². The van der Waals surface area contributed by atoms with Crippen molar-refractivity contribution < 1.29 is 10.0 Å². The zero-order valence-electron chi connectivity index (χ0n) is 9.97. The Labute approximate surface area is 94.0 Å². The average Bonchev–Trinajstić information content (AvgIpc) is 2.47. The third-order valence-corrected chi connectivity index (χ3v) is 2.99. The first kappa shape index (κ1) is 12.6. The number of hydrogen-bond donors (Lipinski definition) is 1. The Balaban J connectivity index is 2.95. The molecule has 0 amide bonds. The molecule has 1 rings (SSSR count). The van der Waals surface area contributed by atoms with Gasteiger partial charge in [-0.15, -0.1) is 0 Å². The number of nitro groups is 1. The molecule has 0 aliphatic rings. The first-order chi connectivity index (χ1) is 7.25. The van der Waals surface area contributed by atoms with Crippen LogP contribution in [0.15, 0.2) is 6.20 Å². The van der Waals surface area contributed by atoms with E-state index in [1.54, 1.807) is 13.8 Å². The predicted octanol–water partition coefficient (Wildman–Crippen LogP) is 1.51. The highest BCUT2D eigenvalue weighted by Gasteiger charge is 2.28. The second-order valence-electron chi connectivity index (χ2n) is 4.54. The fraction of sp³-hybridized carbons (Fsp3) is 0.700. The number of aliphatic hydroxyl groups is 1. The van der Waals surface area contributed by atoms with Gasteiger partial charge in [0.1, 0.15) is 11.9 Å². The summed E-state index contributed by atoms with van der Waals surface area (Å²) >= 11 is 0. The summed E-state index contributed by atoms with van der Waals surface area (Å²) in [6.07, 6.45) is 1.21. The van der Waals surface area contributed by atoms with E-state index in [0.717, 1.165) is 0 Å². The topological polar surface area (TPSA) is 81.2 Å². The molecule has 0 spiro atoms. The van der Waals surface area contributed by atoms with Gasteiger partial charge in [-0.3, -0.25) is 14.8 Å². The van der Waals surface area contributed by atoms with Crippen LogP contribution in [0.2, 0.25) is 0 Å². The molecule has 6 heteroatoms. The lowest BCUT2D eigenvalue weighted by Gasteiger charge is -2.27. The highest BCUT2D eigenvalue weighted by molar-refractivity contribution is 5.31. The van der Waals surface area contributed by atoms with Crippen LogP contribution in [-0.4, -0.2) is 25.4 Å². The molecule has 1 atom stereocenters. The van der Waals surface area contributed by atoms with Crippen molar-refractivity contribution in [2.75, 3.05) is 0 Å². The third-order valence-electron chi connectivity index (χ3n) is 2.99. The van der Waals surface area contributed by atoms with E-state index in [-0.39, 0.29) is 18.2 Å². The Kier molecular flexibility index (Phi) is 3.32. The van der Waals surface area contributed by atoms with Gasteiger partial charge in [-0.2, -0.15) is 5.10 Å². The summed E-state index contributed by atoms with van der Waals surface area (Å²) in [4.78, 5) is 10.2. The van der Waals surface area contributed by atoms with Gasteiger partial charge in [-0.25, -0.2) is 0 Å². The van der Waals surface area contributed by atoms with Crippen LogP contribution in [0.4, 0.5) is 5.69 Å². The van der Waals surface area contributed by atoms with Crippen molar-refractivity contribution in [3.05, 3.63) is 22.0 Å². The molecular formula is C10H17N3O3. The van der Waals surface area contributed by atoms with E-state index < -0.39 is 10.5 Å². The molecule has 0 aliphatic carbocycles. The fourth-order valence-corrected chi connectivity index (χ4v) is 1.26. The summed E-state index contributed by atoms with van der Waals surface area (Å²) in [5, 5.41) is 24.6. The smallest absolute Gasteiger partial charge is 0.309 e. The van der Waals surface area contributed by atoms with Crippen LogP contribution in [0.5, 0.6) is 0 Å². The standard InChI is InChI=1S/C10H17N3O3/c1-7(2)10(4,14)6-12-8(3)9(5-11-12)13(15)16/h5,7,14H,6H2,1-4H3/t10-/m0/s1. The molecular weight excluding hydrogens is 210 g/mol. The number of nitrogens with zero attached hydrogens (tertiary/aromatic N) is 3. The van der Waals surface area contributed by atoms with Crippen molar-refractivity contribution in [1.82, 2.24) is 9.78 Å². The summed E-state index contributed by atoms with van der Waals surface area (Å²) in [5.74, 6) is 0.0511. The molecule has 0 radical (unpaired) electrons. The van der Waals surface area contributed by atoms with Crippen molar-refractivity contribution in [2.45, 2.75) is 39.8 Å². The Morgan fingerprint density at radius 1 is 1.69 bits per heavy atom. The SMILES string of the molecule is Cc1c([N+](=O)[O-])cnn1C[C@](C)(O)C(C)C. The van der Waals surface area contributed by atoms with Gasteiger partial charge in [0.2, 0.25) is 0 Å². The summed E-state index contributed by atoms with van der Waals surface area (Å²) < 4.78 is 1.47. The first-order valence-corrected chi connectivity index (χ1v) is 5.15. The van der Waals surface area contributed by atoms with Crippen LogP contribution in [0.1, 0.15) is 26.5 Å². The molecule has 0 saturated carbocycles. The van der Waals surface area contributed by atoms with Gasteiger partial charge in [0.25, 0.3) is 0 Å². The minimum absolute atomic E-state index is 0.0143.